The highest BCUT2D eigenvalue weighted by Crippen LogP contribution is 2.48. The normalized spacial score (nSPS) is 18.2. The minimum Gasteiger partial charge on any atom is -0.357 e. The number of fused-ring (bicyclic) bond motifs is 1. The summed E-state index contributed by atoms with van der Waals surface area (Å²) in [5.74, 6) is -0.760. The number of carbonyl (C=O) groups excluding carboxylic acids is 2. The van der Waals surface area contributed by atoms with Crippen LogP contribution in [0.3, 0.4) is 0 Å². The van der Waals surface area contributed by atoms with Gasteiger partial charge in [0.25, 0.3) is 0 Å². The smallest absolute Gasteiger partial charge is 0.357 e. The molecule has 0 radical (unpaired) electrons. The molecule has 9 heteroatoms. The molecule has 3 aromatic rings. The van der Waals surface area contributed by atoms with Crippen molar-refractivity contribution in [2.75, 3.05) is 23.3 Å². The minimum atomic E-state index is -4.50. The molecular formula is C32H31F4N3O2. The Labute approximate surface area is 236 Å². The Balaban J connectivity index is 1.52. The van der Waals surface area contributed by atoms with E-state index in [0.717, 1.165) is 17.7 Å². The van der Waals surface area contributed by atoms with E-state index in [9.17, 15) is 27.2 Å². The van der Waals surface area contributed by atoms with Gasteiger partial charge in [-0.05, 0) is 65.8 Å². The fraction of sp³-hybridized carbons (Fsp3) is 0.312. The van der Waals surface area contributed by atoms with E-state index in [4.69, 9.17) is 0 Å². The Morgan fingerprint density at radius 2 is 1.68 bits per heavy atom. The summed E-state index contributed by atoms with van der Waals surface area (Å²) >= 11 is 0. The number of nitrogens with one attached hydrogen (secondary N) is 2. The number of hydrogen-bond donors (Lipinski definition) is 2. The number of nitrogens with zero attached hydrogens (tertiary/aromatic N) is 1. The van der Waals surface area contributed by atoms with Crippen LogP contribution in [-0.4, -0.2) is 24.8 Å². The van der Waals surface area contributed by atoms with Crippen LogP contribution in [0.2, 0.25) is 0 Å². The minimum absolute atomic E-state index is 0.108. The fourth-order valence-electron chi connectivity index (χ4n) is 5.64. The lowest BCUT2D eigenvalue weighted by atomic mass is 9.73. The van der Waals surface area contributed by atoms with Crippen molar-refractivity contribution in [3.63, 3.8) is 0 Å². The molecule has 1 unspecified atom stereocenters. The maximum Gasteiger partial charge on any atom is 0.416 e. The molecule has 0 aromatic heterocycles. The molecule has 3 aromatic carbocycles. The zero-order valence-electron chi connectivity index (χ0n) is 22.8. The maximum atomic E-state index is 13.7. The Kier molecular flexibility index (Phi) is 7.64. The van der Waals surface area contributed by atoms with Crippen LogP contribution in [0.25, 0.3) is 0 Å². The van der Waals surface area contributed by atoms with Crippen LogP contribution in [0.4, 0.5) is 28.9 Å². The van der Waals surface area contributed by atoms with Crippen molar-refractivity contribution in [1.29, 1.82) is 0 Å². The molecule has 2 aliphatic rings. The van der Waals surface area contributed by atoms with E-state index in [0.29, 0.717) is 47.6 Å². The summed E-state index contributed by atoms with van der Waals surface area (Å²) in [5.41, 5.74) is 2.78. The molecule has 41 heavy (non-hydrogen) atoms. The standard InChI is InChI=1S/C32H31F4N3O2/c1-31(2)17-25-29(27(40)18-31)30(21-9-11-22(12-10-21)32(34,35)36)39(26-6-4-3-5-24(26)38-25)19-28(41)37-16-15-20-7-13-23(33)14-8-20/h3-14,30,38H,15-19H2,1-2H3,(H,37,41). The van der Waals surface area contributed by atoms with Crippen LogP contribution >= 0.6 is 0 Å². The van der Waals surface area contributed by atoms with Crippen LogP contribution in [0.15, 0.2) is 84.1 Å². The lowest BCUT2D eigenvalue weighted by Gasteiger charge is -2.38. The molecule has 0 spiro atoms. The molecule has 0 bridgehead atoms. The number of anilines is 2. The number of allylic oxidation sites excluding steroid dienone is 1. The van der Waals surface area contributed by atoms with Gasteiger partial charge in [-0.1, -0.05) is 50.2 Å². The van der Waals surface area contributed by atoms with Crippen molar-refractivity contribution >= 4 is 23.1 Å². The summed E-state index contributed by atoms with van der Waals surface area (Å²) in [5, 5.41) is 6.33. The van der Waals surface area contributed by atoms with Crippen molar-refractivity contribution < 1.29 is 27.2 Å². The number of hydrogen-bond acceptors (Lipinski definition) is 4. The third kappa shape index (κ3) is 6.29. The van der Waals surface area contributed by atoms with Gasteiger partial charge >= 0.3 is 6.18 Å². The second-order valence-corrected chi connectivity index (χ2v) is 11.4. The van der Waals surface area contributed by atoms with Gasteiger partial charge in [0.2, 0.25) is 5.91 Å². The van der Waals surface area contributed by atoms with E-state index in [1.807, 2.05) is 38.1 Å². The highest BCUT2D eigenvalue weighted by atomic mass is 19.4. The predicted octanol–water partition coefficient (Wildman–Crippen LogP) is 6.82. The number of halogens is 4. The van der Waals surface area contributed by atoms with E-state index >= 15 is 0 Å². The number of benzene rings is 3. The van der Waals surface area contributed by atoms with Crippen LogP contribution in [0.5, 0.6) is 0 Å². The van der Waals surface area contributed by atoms with Crippen LogP contribution in [-0.2, 0) is 22.2 Å². The molecule has 2 N–H and O–H groups in total. The molecule has 5 nitrogen and oxygen atoms in total. The monoisotopic (exact) mass is 565 g/mol. The first-order chi connectivity index (χ1) is 19.4. The van der Waals surface area contributed by atoms with Crippen LogP contribution in [0.1, 0.15) is 49.4 Å². The quantitative estimate of drug-likeness (QED) is 0.322. The van der Waals surface area contributed by atoms with Gasteiger partial charge in [-0.25, -0.2) is 4.39 Å². The first kappa shape index (κ1) is 28.4. The van der Waals surface area contributed by atoms with E-state index in [2.05, 4.69) is 10.6 Å². The molecular weight excluding hydrogens is 534 g/mol. The average molecular weight is 566 g/mol. The molecule has 0 saturated heterocycles. The van der Waals surface area contributed by atoms with Crippen molar-refractivity contribution in [2.45, 2.75) is 45.3 Å². The van der Waals surface area contributed by atoms with E-state index in [1.165, 1.54) is 24.3 Å². The third-order valence-electron chi connectivity index (χ3n) is 7.52. The van der Waals surface area contributed by atoms with Crippen molar-refractivity contribution in [2.24, 2.45) is 5.41 Å². The number of para-hydroxylation sites is 2. The molecule has 1 aliphatic heterocycles. The lowest BCUT2D eigenvalue weighted by Crippen LogP contribution is -2.42. The van der Waals surface area contributed by atoms with Gasteiger partial charge in [0, 0.05) is 24.2 Å². The molecule has 214 valence electrons. The van der Waals surface area contributed by atoms with Crippen LogP contribution < -0.4 is 15.5 Å². The third-order valence-corrected chi connectivity index (χ3v) is 7.52. The van der Waals surface area contributed by atoms with Gasteiger partial charge in [-0.2, -0.15) is 13.2 Å². The van der Waals surface area contributed by atoms with Crippen molar-refractivity contribution in [3.8, 4) is 0 Å². The average Bonchev–Trinajstić information content (AvgIpc) is 3.03. The lowest BCUT2D eigenvalue weighted by molar-refractivity contribution is -0.137. The molecule has 0 saturated carbocycles. The highest BCUT2D eigenvalue weighted by molar-refractivity contribution is 6.01. The summed E-state index contributed by atoms with van der Waals surface area (Å²) in [6.07, 6.45) is -3.17. The Morgan fingerprint density at radius 1 is 1.00 bits per heavy atom. The van der Waals surface area contributed by atoms with Gasteiger partial charge in [0.15, 0.2) is 5.78 Å². The predicted molar refractivity (Wildman–Crippen MR) is 150 cm³/mol. The van der Waals surface area contributed by atoms with Gasteiger partial charge in [-0.3, -0.25) is 9.59 Å². The van der Waals surface area contributed by atoms with Gasteiger partial charge in [0.1, 0.15) is 5.82 Å². The first-order valence-corrected chi connectivity index (χ1v) is 13.5. The summed E-state index contributed by atoms with van der Waals surface area (Å²) in [7, 11) is 0. The van der Waals surface area contributed by atoms with Crippen LogP contribution in [0, 0.1) is 11.2 Å². The zero-order valence-corrected chi connectivity index (χ0v) is 22.8. The molecule has 1 aliphatic carbocycles. The zero-order chi connectivity index (χ0) is 29.4. The summed E-state index contributed by atoms with van der Waals surface area (Å²) in [6, 6.07) is 17.4. The van der Waals surface area contributed by atoms with E-state index in [1.54, 1.807) is 17.0 Å². The fourth-order valence-corrected chi connectivity index (χ4v) is 5.64. The van der Waals surface area contributed by atoms with E-state index < -0.39 is 17.8 Å². The van der Waals surface area contributed by atoms with Gasteiger partial charge < -0.3 is 15.5 Å². The Bertz CT molecular complexity index is 1480. The molecule has 1 heterocycles. The number of carbonyl (C=O) groups is 2. The maximum absolute atomic E-state index is 13.7. The van der Waals surface area contributed by atoms with Crippen molar-refractivity contribution in [1.82, 2.24) is 5.32 Å². The summed E-state index contributed by atoms with van der Waals surface area (Å²) in [4.78, 5) is 28.8. The summed E-state index contributed by atoms with van der Waals surface area (Å²) < 4.78 is 53.4. The Hall–Kier alpha value is -4.14. The topological polar surface area (TPSA) is 61.4 Å². The Morgan fingerprint density at radius 3 is 2.37 bits per heavy atom. The molecule has 1 amide bonds. The first-order valence-electron chi connectivity index (χ1n) is 13.5. The molecule has 1 atom stereocenters. The largest absolute Gasteiger partial charge is 0.416 e. The second-order valence-electron chi connectivity index (χ2n) is 11.4. The second kappa shape index (κ2) is 11.0. The van der Waals surface area contributed by atoms with Crippen molar-refractivity contribution in [3.05, 3.63) is 107 Å². The number of amides is 1. The number of ketones is 1. The highest BCUT2D eigenvalue weighted by Gasteiger charge is 2.42. The number of rotatable bonds is 6. The van der Waals surface area contributed by atoms with Gasteiger partial charge in [-0.15, -0.1) is 0 Å². The van der Waals surface area contributed by atoms with Gasteiger partial charge in [0.05, 0.1) is 29.5 Å². The number of Topliss-reactive ketones (excluding diaryl/α,β-unsaturated/α-hetero) is 1. The SMILES string of the molecule is CC1(C)CC(=O)C2=C(C1)Nc1ccccc1N(CC(=O)NCCc1ccc(F)cc1)C2c1ccc(C(F)(F)F)cc1. The molecule has 0 fully saturated rings. The summed E-state index contributed by atoms with van der Waals surface area (Å²) in [6.45, 7) is 4.19. The number of alkyl halides is 3. The van der Waals surface area contributed by atoms with E-state index in [-0.39, 0.29) is 35.9 Å². The molecule has 5 rings (SSSR count).